The van der Waals surface area contributed by atoms with Crippen LogP contribution >= 0.6 is 0 Å². The lowest BCUT2D eigenvalue weighted by Gasteiger charge is -2.20. The number of nitrogens with one attached hydrogen (secondary N) is 1. The Bertz CT molecular complexity index is 734. The molecule has 3 rings (SSSR count). The standard InChI is InChI=1S/C19H20F3N3O/c20-19(21,22)15-6-8-16(9-7-15)24-17-10-5-14(13-23-17)18(26)25-11-3-1-2-4-12-25/h5-10,13H,1-4,11-12H2,(H,23,24). The first-order chi connectivity index (χ1) is 12.4. The number of likely N-dealkylation sites (tertiary alicyclic amines) is 1. The molecule has 138 valence electrons. The topological polar surface area (TPSA) is 45.2 Å². The minimum Gasteiger partial charge on any atom is -0.340 e. The number of hydrogen-bond acceptors (Lipinski definition) is 3. The van der Waals surface area contributed by atoms with Crippen LogP contribution in [-0.2, 0) is 6.18 Å². The average molecular weight is 363 g/mol. The van der Waals surface area contributed by atoms with Crippen LogP contribution in [0, 0.1) is 0 Å². The van der Waals surface area contributed by atoms with Gasteiger partial charge in [0, 0.05) is 25.0 Å². The van der Waals surface area contributed by atoms with Crippen molar-refractivity contribution in [1.29, 1.82) is 0 Å². The number of aromatic nitrogens is 1. The maximum absolute atomic E-state index is 12.6. The minimum absolute atomic E-state index is 0.0273. The molecule has 0 bridgehead atoms. The van der Waals surface area contributed by atoms with Crippen molar-refractivity contribution in [2.45, 2.75) is 31.9 Å². The van der Waals surface area contributed by atoms with E-state index in [9.17, 15) is 18.0 Å². The molecule has 2 heterocycles. The molecule has 2 aromatic rings. The van der Waals surface area contributed by atoms with Gasteiger partial charge >= 0.3 is 6.18 Å². The van der Waals surface area contributed by atoms with Gasteiger partial charge in [-0.2, -0.15) is 13.2 Å². The third-order valence-corrected chi connectivity index (χ3v) is 4.39. The summed E-state index contributed by atoms with van der Waals surface area (Å²) in [5, 5.41) is 2.93. The van der Waals surface area contributed by atoms with Gasteiger partial charge in [-0.15, -0.1) is 0 Å². The van der Waals surface area contributed by atoms with Crippen LogP contribution in [0.5, 0.6) is 0 Å². The quantitative estimate of drug-likeness (QED) is 0.847. The lowest BCUT2D eigenvalue weighted by Crippen LogP contribution is -2.31. The van der Waals surface area contributed by atoms with Gasteiger partial charge in [0.25, 0.3) is 5.91 Å². The Labute approximate surface area is 150 Å². The zero-order chi connectivity index (χ0) is 18.6. The molecule has 1 N–H and O–H groups in total. The van der Waals surface area contributed by atoms with Crippen molar-refractivity contribution in [3.63, 3.8) is 0 Å². The van der Waals surface area contributed by atoms with Gasteiger partial charge in [0.2, 0.25) is 0 Å². The molecule has 0 radical (unpaired) electrons. The van der Waals surface area contributed by atoms with Crippen molar-refractivity contribution in [1.82, 2.24) is 9.88 Å². The molecular weight excluding hydrogens is 343 g/mol. The van der Waals surface area contributed by atoms with E-state index in [1.807, 2.05) is 4.90 Å². The largest absolute Gasteiger partial charge is 0.416 e. The summed E-state index contributed by atoms with van der Waals surface area (Å²) < 4.78 is 37.7. The molecule has 1 aromatic heterocycles. The Morgan fingerprint density at radius 1 is 0.962 bits per heavy atom. The fraction of sp³-hybridized carbons (Fsp3) is 0.368. The van der Waals surface area contributed by atoms with Gasteiger partial charge in [0.05, 0.1) is 11.1 Å². The van der Waals surface area contributed by atoms with Gasteiger partial charge < -0.3 is 10.2 Å². The predicted molar refractivity (Wildman–Crippen MR) is 93.3 cm³/mol. The zero-order valence-corrected chi connectivity index (χ0v) is 14.2. The number of anilines is 2. The molecule has 1 saturated heterocycles. The Balaban J connectivity index is 1.65. The number of alkyl halides is 3. The van der Waals surface area contributed by atoms with E-state index in [-0.39, 0.29) is 5.91 Å². The van der Waals surface area contributed by atoms with Crippen molar-refractivity contribution < 1.29 is 18.0 Å². The molecule has 0 unspecified atom stereocenters. The van der Waals surface area contributed by atoms with E-state index in [0.29, 0.717) is 17.1 Å². The summed E-state index contributed by atoms with van der Waals surface area (Å²) in [7, 11) is 0. The third kappa shape index (κ3) is 4.53. The van der Waals surface area contributed by atoms with Gasteiger partial charge in [-0.1, -0.05) is 12.8 Å². The van der Waals surface area contributed by atoms with Gasteiger partial charge in [-0.25, -0.2) is 4.98 Å². The number of benzene rings is 1. The lowest BCUT2D eigenvalue weighted by molar-refractivity contribution is -0.137. The number of amides is 1. The summed E-state index contributed by atoms with van der Waals surface area (Å²) >= 11 is 0. The predicted octanol–water partition coefficient (Wildman–Crippen LogP) is 4.86. The average Bonchev–Trinajstić information content (AvgIpc) is 2.91. The molecule has 4 nitrogen and oxygen atoms in total. The molecule has 0 aliphatic carbocycles. The number of carbonyl (C=O) groups excluding carboxylic acids is 1. The summed E-state index contributed by atoms with van der Waals surface area (Å²) in [6.07, 6.45) is 1.49. The second-order valence-electron chi connectivity index (χ2n) is 6.34. The molecule has 0 atom stereocenters. The third-order valence-electron chi connectivity index (χ3n) is 4.39. The van der Waals surface area contributed by atoms with Crippen LogP contribution < -0.4 is 5.32 Å². The maximum Gasteiger partial charge on any atom is 0.416 e. The lowest BCUT2D eigenvalue weighted by atomic mass is 10.2. The highest BCUT2D eigenvalue weighted by molar-refractivity contribution is 5.94. The molecule has 1 amide bonds. The zero-order valence-electron chi connectivity index (χ0n) is 14.2. The van der Waals surface area contributed by atoms with Crippen LogP contribution in [0.25, 0.3) is 0 Å². The molecule has 0 spiro atoms. The Morgan fingerprint density at radius 2 is 1.62 bits per heavy atom. The number of nitrogens with zero attached hydrogens (tertiary/aromatic N) is 2. The Kier molecular flexibility index (Phi) is 5.44. The van der Waals surface area contributed by atoms with Crippen molar-refractivity contribution >= 4 is 17.4 Å². The number of halogens is 3. The summed E-state index contributed by atoms with van der Waals surface area (Å²) in [5.41, 5.74) is 0.316. The van der Waals surface area contributed by atoms with Gasteiger partial charge in [0.1, 0.15) is 5.82 Å². The highest BCUT2D eigenvalue weighted by atomic mass is 19.4. The van der Waals surface area contributed by atoms with E-state index in [4.69, 9.17) is 0 Å². The summed E-state index contributed by atoms with van der Waals surface area (Å²) in [6, 6.07) is 8.07. The van der Waals surface area contributed by atoms with Gasteiger partial charge in [0.15, 0.2) is 0 Å². The van der Waals surface area contributed by atoms with Crippen LogP contribution in [0.4, 0.5) is 24.7 Å². The van der Waals surface area contributed by atoms with E-state index in [1.54, 1.807) is 12.1 Å². The smallest absolute Gasteiger partial charge is 0.340 e. The number of hydrogen-bond donors (Lipinski definition) is 1. The minimum atomic E-state index is -4.36. The molecule has 1 fully saturated rings. The summed E-state index contributed by atoms with van der Waals surface area (Å²) in [4.78, 5) is 18.6. The van der Waals surface area contributed by atoms with Gasteiger partial charge in [-0.05, 0) is 49.2 Å². The van der Waals surface area contributed by atoms with Crippen LogP contribution in [0.15, 0.2) is 42.6 Å². The number of pyridine rings is 1. The number of carbonyl (C=O) groups is 1. The van der Waals surface area contributed by atoms with Crippen molar-refractivity contribution in [3.05, 3.63) is 53.7 Å². The maximum atomic E-state index is 12.6. The van der Waals surface area contributed by atoms with Crippen LogP contribution in [0.2, 0.25) is 0 Å². The Morgan fingerprint density at radius 3 is 2.15 bits per heavy atom. The molecule has 7 heteroatoms. The normalized spacial score (nSPS) is 15.4. The van der Waals surface area contributed by atoms with Crippen LogP contribution in [-0.4, -0.2) is 28.9 Å². The molecule has 1 aliphatic heterocycles. The Hall–Kier alpha value is -2.57. The van der Waals surface area contributed by atoms with Crippen LogP contribution in [0.1, 0.15) is 41.6 Å². The molecule has 1 aliphatic rings. The monoisotopic (exact) mass is 363 g/mol. The molecule has 1 aromatic carbocycles. The highest BCUT2D eigenvalue weighted by Crippen LogP contribution is 2.30. The summed E-state index contributed by atoms with van der Waals surface area (Å²) in [5.74, 6) is 0.442. The highest BCUT2D eigenvalue weighted by Gasteiger charge is 2.29. The molecule has 0 saturated carbocycles. The molecular formula is C19H20F3N3O. The van der Waals surface area contributed by atoms with Crippen molar-refractivity contribution in [3.8, 4) is 0 Å². The first-order valence-corrected chi connectivity index (χ1v) is 8.63. The van der Waals surface area contributed by atoms with Crippen molar-refractivity contribution in [2.75, 3.05) is 18.4 Å². The summed E-state index contributed by atoms with van der Waals surface area (Å²) in [6.45, 7) is 1.54. The first-order valence-electron chi connectivity index (χ1n) is 8.63. The van der Waals surface area contributed by atoms with E-state index in [0.717, 1.165) is 50.9 Å². The van der Waals surface area contributed by atoms with E-state index in [2.05, 4.69) is 10.3 Å². The van der Waals surface area contributed by atoms with Crippen LogP contribution in [0.3, 0.4) is 0 Å². The van der Waals surface area contributed by atoms with E-state index in [1.165, 1.54) is 18.3 Å². The second-order valence-corrected chi connectivity index (χ2v) is 6.34. The first kappa shape index (κ1) is 18.2. The molecule has 26 heavy (non-hydrogen) atoms. The number of rotatable bonds is 3. The SMILES string of the molecule is O=C(c1ccc(Nc2ccc(C(F)(F)F)cc2)nc1)N1CCCCCC1. The fourth-order valence-corrected chi connectivity index (χ4v) is 2.94. The van der Waals surface area contributed by atoms with E-state index < -0.39 is 11.7 Å². The fourth-order valence-electron chi connectivity index (χ4n) is 2.94. The van der Waals surface area contributed by atoms with Gasteiger partial charge in [-0.3, -0.25) is 4.79 Å². The van der Waals surface area contributed by atoms with Crippen molar-refractivity contribution in [2.24, 2.45) is 0 Å². The van der Waals surface area contributed by atoms with E-state index >= 15 is 0 Å². The second kappa shape index (κ2) is 7.76.